The molecule has 8 heteroatoms. The monoisotopic (exact) mass is 333 g/mol. The summed E-state index contributed by atoms with van der Waals surface area (Å²) >= 11 is 1.16. The smallest absolute Gasteiger partial charge is 0.295 e. The van der Waals surface area contributed by atoms with E-state index < -0.39 is 4.92 Å². The highest BCUT2D eigenvalue weighted by Crippen LogP contribution is 2.37. The lowest BCUT2D eigenvalue weighted by Gasteiger charge is -2.05. The summed E-state index contributed by atoms with van der Waals surface area (Å²) in [7, 11) is 3.18. The van der Waals surface area contributed by atoms with E-state index >= 15 is 0 Å². The van der Waals surface area contributed by atoms with Crippen molar-refractivity contribution < 1.29 is 9.31 Å². The molecule has 118 valence electrons. The van der Waals surface area contributed by atoms with Crippen molar-refractivity contribution in [1.29, 1.82) is 0 Å². The highest BCUT2D eigenvalue weighted by Gasteiger charge is 2.20. The van der Waals surface area contributed by atoms with E-state index in [1.165, 1.54) is 27.3 Å². The first-order chi connectivity index (χ1) is 10.9. The number of fused-ring (bicyclic) bond motifs is 1. The summed E-state index contributed by atoms with van der Waals surface area (Å²) in [6.07, 6.45) is 0. The molecule has 23 heavy (non-hydrogen) atoms. The van der Waals surface area contributed by atoms with Crippen molar-refractivity contribution in [2.75, 3.05) is 0 Å². The minimum absolute atomic E-state index is 0.0898. The van der Waals surface area contributed by atoms with Gasteiger partial charge in [-0.05, 0) is 30.3 Å². The van der Waals surface area contributed by atoms with Crippen molar-refractivity contribution in [2.45, 2.75) is 9.79 Å². The number of rotatable bonds is 3. The minimum Gasteiger partial charge on any atom is -0.295 e. The number of hydrogen-bond donors (Lipinski definition) is 0. The van der Waals surface area contributed by atoms with E-state index in [0.29, 0.717) is 20.8 Å². The molecule has 0 aliphatic carbocycles. The number of nitro groups is 1. The van der Waals surface area contributed by atoms with E-state index in [0.717, 1.165) is 11.8 Å². The average molecular weight is 333 g/mol. The Hall–Kier alpha value is -2.61. The van der Waals surface area contributed by atoms with Gasteiger partial charge in [-0.1, -0.05) is 11.8 Å². The first-order valence-electron chi connectivity index (χ1n) is 6.66. The van der Waals surface area contributed by atoms with Crippen LogP contribution in [-0.2, 0) is 14.1 Å². The van der Waals surface area contributed by atoms with Crippen molar-refractivity contribution in [3.05, 3.63) is 62.8 Å². The molecule has 3 aromatic rings. The predicted octanol–water partition coefficient (Wildman–Crippen LogP) is 3.08. The summed E-state index contributed by atoms with van der Waals surface area (Å²) < 4.78 is 15.8. The van der Waals surface area contributed by atoms with Gasteiger partial charge in [0, 0.05) is 25.1 Å². The molecule has 0 unspecified atom stereocenters. The van der Waals surface area contributed by atoms with Gasteiger partial charge >= 0.3 is 5.69 Å². The van der Waals surface area contributed by atoms with E-state index in [1.54, 1.807) is 32.3 Å². The predicted molar refractivity (Wildman–Crippen MR) is 85.3 cm³/mol. The topological polar surface area (TPSA) is 70.1 Å². The molecule has 0 spiro atoms. The van der Waals surface area contributed by atoms with Crippen LogP contribution in [0.5, 0.6) is 0 Å². The number of imidazole rings is 1. The standard InChI is InChI=1S/C15H12FN3O3S/c1-17-11-7-13(19(21)22)14(8-12(11)18(2)15(17)20)23-10-5-3-9(16)4-6-10/h3-8H,1-2H3. The third-order valence-corrected chi connectivity index (χ3v) is 4.65. The number of aryl methyl sites for hydroxylation is 2. The van der Waals surface area contributed by atoms with Crippen LogP contribution in [0.1, 0.15) is 0 Å². The lowest BCUT2D eigenvalue weighted by molar-refractivity contribution is -0.387. The molecule has 0 aliphatic rings. The number of aromatic nitrogens is 2. The maximum Gasteiger partial charge on any atom is 0.328 e. The quantitative estimate of drug-likeness (QED) is 0.545. The van der Waals surface area contributed by atoms with Gasteiger partial charge in [-0.25, -0.2) is 9.18 Å². The number of nitro benzene ring substituents is 1. The van der Waals surface area contributed by atoms with Gasteiger partial charge in [0.1, 0.15) is 5.82 Å². The van der Waals surface area contributed by atoms with Crippen molar-refractivity contribution in [1.82, 2.24) is 9.13 Å². The van der Waals surface area contributed by atoms with Crippen LogP contribution in [0.3, 0.4) is 0 Å². The SMILES string of the molecule is Cn1c(=O)n(C)c2cc([N+](=O)[O-])c(Sc3ccc(F)cc3)cc21. The van der Waals surface area contributed by atoms with Gasteiger partial charge < -0.3 is 0 Å². The van der Waals surface area contributed by atoms with Gasteiger partial charge in [0.05, 0.1) is 20.9 Å². The molecule has 3 rings (SSSR count). The van der Waals surface area contributed by atoms with E-state index in [9.17, 15) is 19.3 Å². The Morgan fingerprint density at radius 3 is 2.22 bits per heavy atom. The van der Waals surface area contributed by atoms with Crippen LogP contribution < -0.4 is 5.69 Å². The van der Waals surface area contributed by atoms with Crippen LogP contribution >= 0.6 is 11.8 Å². The second-order valence-corrected chi connectivity index (χ2v) is 6.14. The van der Waals surface area contributed by atoms with Crippen LogP contribution in [0.2, 0.25) is 0 Å². The molecule has 0 amide bonds. The number of halogens is 1. The largest absolute Gasteiger partial charge is 0.328 e. The molecule has 0 saturated heterocycles. The summed E-state index contributed by atoms with van der Waals surface area (Å²) in [6, 6.07) is 8.71. The second-order valence-electron chi connectivity index (χ2n) is 5.02. The molecule has 0 atom stereocenters. The molecular formula is C15H12FN3O3S. The Balaban J connectivity index is 2.20. The molecule has 0 bridgehead atoms. The zero-order chi connectivity index (χ0) is 16.7. The molecule has 2 aromatic carbocycles. The Labute approximate surface area is 134 Å². The van der Waals surface area contributed by atoms with Crippen molar-refractivity contribution in [2.24, 2.45) is 14.1 Å². The van der Waals surface area contributed by atoms with E-state index in [1.807, 2.05) is 0 Å². The molecule has 0 saturated carbocycles. The number of hydrogen-bond acceptors (Lipinski definition) is 4. The molecule has 0 fully saturated rings. The van der Waals surface area contributed by atoms with Gasteiger partial charge in [0.15, 0.2) is 0 Å². The Morgan fingerprint density at radius 1 is 1.09 bits per heavy atom. The fraction of sp³-hybridized carbons (Fsp3) is 0.133. The van der Waals surface area contributed by atoms with Gasteiger partial charge in [-0.3, -0.25) is 19.2 Å². The van der Waals surface area contributed by atoms with Gasteiger partial charge in [0.2, 0.25) is 0 Å². The zero-order valence-electron chi connectivity index (χ0n) is 12.3. The third-order valence-electron chi connectivity index (χ3n) is 3.59. The van der Waals surface area contributed by atoms with Crippen LogP contribution in [0.4, 0.5) is 10.1 Å². The van der Waals surface area contributed by atoms with Gasteiger partial charge in [0.25, 0.3) is 5.69 Å². The first kappa shape index (κ1) is 15.3. The molecule has 1 aromatic heterocycles. The number of nitrogens with zero attached hydrogens (tertiary/aromatic N) is 3. The third kappa shape index (κ3) is 2.61. The Bertz CT molecular complexity index is 976. The Morgan fingerprint density at radius 2 is 1.65 bits per heavy atom. The average Bonchev–Trinajstić information content (AvgIpc) is 2.73. The van der Waals surface area contributed by atoms with Gasteiger partial charge in [-0.15, -0.1) is 0 Å². The maximum atomic E-state index is 13.0. The minimum atomic E-state index is -0.483. The molecule has 0 radical (unpaired) electrons. The van der Waals surface area contributed by atoms with E-state index in [4.69, 9.17) is 0 Å². The summed E-state index contributed by atoms with van der Waals surface area (Å²) in [6.45, 7) is 0. The van der Waals surface area contributed by atoms with Crippen LogP contribution in [-0.4, -0.2) is 14.1 Å². The normalized spacial score (nSPS) is 11.1. The Kier molecular flexibility index (Phi) is 3.69. The molecule has 6 nitrogen and oxygen atoms in total. The molecular weight excluding hydrogens is 321 g/mol. The van der Waals surface area contributed by atoms with Crippen LogP contribution in [0, 0.1) is 15.9 Å². The molecule has 0 aliphatic heterocycles. The lowest BCUT2D eigenvalue weighted by Crippen LogP contribution is -2.19. The van der Waals surface area contributed by atoms with Crippen molar-refractivity contribution in [3.63, 3.8) is 0 Å². The summed E-state index contributed by atoms with van der Waals surface area (Å²) in [4.78, 5) is 23.9. The van der Waals surface area contributed by atoms with Crippen molar-refractivity contribution in [3.8, 4) is 0 Å². The maximum absolute atomic E-state index is 13.0. The summed E-state index contributed by atoms with van der Waals surface area (Å²) in [5, 5.41) is 11.4. The highest BCUT2D eigenvalue weighted by atomic mass is 32.2. The summed E-state index contributed by atoms with van der Waals surface area (Å²) in [5.41, 5.74) is 0.756. The summed E-state index contributed by atoms with van der Waals surface area (Å²) in [5.74, 6) is -0.371. The first-order valence-corrected chi connectivity index (χ1v) is 7.47. The fourth-order valence-electron chi connectivity index (χ4n) is 2.37. The fourth-order valence-corrected chi connectivity index (χ4v) is 3.30. The van der Waals surface area contributed by atoms with Gasteiger partial charge in [-0.2, -0.15) is 0 Å². The van der Waals surface area contributed by atoms with Crippen LogP contribution in [0.25, 0.3) is 11.0 Å². The molecule has 0 N–H and O–H groups in total. The zero-order valence-corrected chi connectivity index (χ0v) is 13.1. The highest BCUT2D eigenvalue weighted by molar-refractivity contribution is 7.99. The van der Waals surface area contributed by atoms with Crippen LogP contribution in [0.15, 0.2) is 51.0 Å². The molecule has 1 heterocycles. The van der Waals surface area contributed by atoms with E-state index in [2.05, 4.69) is 0 Å². The van der Waals surface area contributed by atoms with E-state index in [-0.39, 0.29) is 17.2 Å². The second kappa shape index (κ2) is 5.54. The number of benzene rings is 2. The lowest BCUT2D eigenvalue weighted by atomic mass is 10.2. The van der Waals surface area contributed by atoms with Crippen molar-refractivity contribution >= 4 is 28.5 Å².